The maximum atomic E-state index is 11.8. The Balaban J connectivity index is 0. The van der Waals surface area contributed by atoms with Crippen LogP contribution in [-0.4, -0.2) is 31.5 Å². The van der Waals surface area contributed by atoms with Gasteiger partial charge < -0.3 is 12.4 Å². The average molecular weight is 360 g/mol. The molecule has 2 nitrogen and oxygen atoms in total. The van der Waals surface area contributed by atoms with Crippen molar-refractivity contribution in [1.29, 1.82) is 0 Å². The highest BCUT2D eigenvalue weighted by atomic mass is 35.5. The number of unbranched alkanes of at least 4 members (excludes halogenated alkanes) is 11. The second-order valence-corrected chi connectivity index (χ2v) is 7.74. The molecule has 0 atom stereocenters. The van der Waals surface area contributed by atoms with Gasteiger partial charge in [0.05, 0.1) is 27.6 Å². The van der Waals surface area contributed by atoms with E-state index in [1.807, 2.05) is 21.1 Å². The van der Waals surface area contributed by atoms with Crippen molar-refractivity contribution in [1.82, 2.24) is 0 Å². The lowest BCUT2D eigenvalue weighted by Gasteiger charge is -2.20. The van der Waals surface area contributed by atoms with Gasteiger partial charge in [-0.2, -0.15) is 0 Å². The van der Waals surface area contributed by atoms with Crippen LogP contribution in [0.3, 0.4) is 0 Å². The monoisotopic (exact) mass is 359 g/mol. The van der Waals surface area contributed by atoms with Gasteiger partial charge in [0, 0.05) is 0 Å². The van der Waals surface area contributed by atoms with E-state index in [9.17, 15) is 4.79 Å². The predicted molar refractivity (Wildman–Crippen MR) is 102 cm³/mol. The highest BCUT2D eigenvalue weighted by molar-refractivity contribution is 5.68. The van der Waals surface area contributed by atoms with E-state index in [1.54, 1.807) is 0 Å². The van der Waals surface area contributed by atoms with Crippen molar-refractivity contribution < 1.29 is 21.7 Å². The van der Waals surface area contributed by atoms with Crippen LogP contribution in [0.15, 0.2) is 12.2 Å². The van der Waals surface area contributed by atoms with Gasteiger partial charge in [0.1, 0.15) is 0 Å². The smallest absolute Gasteiger partial charge is 0.313 e. The first-order chi connectivity index (χ1) is 11.0. The molecule has 0 radical (unpaired) electrons. The predicted octanol–water partition coefficient (Wildman–Crippen LogP) is 3.26. The molecule has 0 saturated carbocycles. The van der Waals surface area contributed by atoms with Crippen molar-refractivity contribution in [3.63, 3.8) is 0 Å². The van der Waals surface area contributed by atoms with Crippen LogP contribution in [0.5, 0.6) is 0 Å². The van der Waals surface area contributed by atoms with Gasteiger partial charge in [-0.15, -0.1) is 0 Å². The van der Waals surface area contributed by atoms with E-state index in [-0.39, 0.29) is 12.4 Å². The summed E-state index contributed by atoms with van der Waals surface area (Å²) in [5, 5.41) is 0. The van der Waals surface area contributed by atoms with Crippen LogP contribution in [0, 0.1) is 0 Å². The first-order valence-electron chi connectivity index (χ1n) is 9.98. The highest BCUT2D eigenvalue weighted by Gasteiger charge is 2.18. The Morgan fingerprint density at radius 2 is 1.12 bits per heavy atom. The normalized spacial score (nSPS) is 11.7. The number of hydrogen-bond donors (Lipinski definition) is 0. The topological polar surface area (TPSA) is 17.1 Å². The molecule has 0 rings (SSSR count). The quantitative estimate of drug-likeness (QED) is 0.249. The third-order valence-electron chi connectivity index (χ3n) is 4.40. The first-order valence-corrected chi connectivity index (χ1v) is 9.98. The number of nitrogens with zero attached hydrogens (tertiary/aromatic N) is 1. The third-order valence-corrected chi connectivity index (χ3v) is 4.40. The molecule has 144 valence electrons. The second-order valence-electron chi connectivity index (χ2n) is 7.74. The lowest BCUT2D eigenvalue weighted by atomic mass is 10.1. The summed E-state index contributed by atoms with van der Waals surface area (Å²) in [5.74, 6) is 0.350. The van der Waals surface area contributed by atoms with Gasteiger partial charge in [-0.05, 0) is 32.1 Å². The lowest BCUT2D eigenvalue weighted by Crippen LogP contribution is -3.00. The zero-order valence-corrected chi connectivity index (χ0v) is 17.5. The van der Waals surface area contributed by atoms with E-state index in [1.165, 1.54) is 77.0 Å². The molecular weight excluding hydrogens is 318 g/mol. The number of hydrogen-bond acceptors (Lipinski definition) is 1. The first kappa shape index (κ1) is 25.9. The minimum Gasteiger partial charge on any atom is -1.00 e. The zero-order chi connectivity index (χ0) is 17.4. The van der Waals surface area contributed by atoms with Crippen LogP contribution in [0.1, 0.15) is 96.8 Å². The molecule has 0 N–H and O–H groups in total. The molecule has 0 bridgehead atoms. The minimum atomic E-state index is 0. The van der Waals surface area contributed by atoms with Gasteiger partial charge in [-0.25, -0.2) is 4.79 Å². The van der Waals surface area contributed by atoms with Crippen LogP contribution >= 0.6 is 0 Å². The van der Waals surface area contributed by atoms with Gasteiger partial charge in [0.15, 0.2) is 0 Å². The van der Waals surface area contributed by atoms with E-state index in [0.29, 0.717) is 10.4 Å². The number of carbonyl (C=O) groups excluding carboxylic acids is 1. The van der Waals surface area contributed by atoms with E-state index >= 15 is 0 Å². The second kappa shape index (κ2) is 17.5. The van der Waals surface area contributed by atoms with Crippen LogP contribution in [0.4, 0.5) is 0 Å². The molecular formula is C21H42ClNO. The maximum absolute atomic E-state index is 11.8. The number of amides is 1. The molecule has 0 aliphatic rings. The number of rotatable bonds is 15. The summed E-state index contributed by atoms with van der Waals surface area (Å²) in [5.41, 5.74) is 0. The van der Waals surface area contributed by atoms with Crippen molar-refractivity contribution in [2.75, 3.05) is 21.1 Å². The van der Waals surface area contributed by atoms with Crippen molar-refractivity contribution in [3.05, 3.63) is 12.2 Å². The summed E-state index contributed by atoms with van der Waals surface area (Å²) >= 11 is 0. The molecule has 1 amide bonds. The Morgan fingerprint density at radius 1 is 0.708 bits per heavy atom. The summed E-state index contributed by atoms with van der Waals surface area (Å²) in [7, 11) is 5.87. The molecule has 0 unspecified atom stereocenters. The van der Waals surface area contributed by atoms with Crippen molar-refractivity contribution in [2.45, 2.75) is 96.8 Å². The fraction of sp³-hybridized carbons (Fsp3) is 0.857. The van der Waals surface area contributed by atoms with Crippen molar-refractivity contribution in [3.8, 4) is 0 Å². The van der Waals surface area contributed by atoms with Crippen molar-refractivity contribution >= 4 is 5.91 Å². The van der Waals surface area contributed by atoms with Gasteiger partial charge in [0.2, 0.25) is 0 Å². The van der Waals surface area contributed by atoms with Gasteiger partial charge in [0.25, 0.3) is 0 Å². The Kier molecular flexibility index (Phi) is 18.9. The Labute approximate surface area is 158 Å². The minimum absolute atomic E-state index is 0. The molecule has 0 spiro atoms. The SMILES string of the molecule is CCCCCCCCC=CCCCCCCCC(=O)[N+](C)(C)C.[Cl-]. The van der Waals surface area contributed by atoms with E-state index in [4.69, 9.17) is 0 Å². The molecule has 0 aliphatic carbocycles. The Morgan fingerprint density at radius 3 is 1.58 bits per heavy atom. The summed E-state index contributed by atoms with van der Waals surface area (Å²) in [6, 6.07) is 0. The van der Waals surface area contributed by atoms with Crippen LogP contribution in [-0.2, 0) is 4.79 Å². The largest absolute Gasteiger partial charge is 1.00 e. The summed E-state index contributed by atoms with van der Waals surface area (Å²) < 4.78 is 0.462. The van der Waals surface area contributed by atoms with Gasteiger partial charge in [-0.3, -0.25) is 4.48 Å². The molecule has 24 heavy (non-hydrogen) atoms. The summed E-state index contributed by atoms with van der Waals surface area (Å²) in [6.45, 7) is 2.27. The Bertz CT molecular complexity index is 307. The maximum Gasteiger partial charge on any atom is 0.313 e. The lowest BCUT2D eigenvalue weighted by molar-refractivity contribution is -0.792. The summed E-state index contributed by atoms with van der Waals surface area (Å²) in [6.07, 6.45) is 22.4. The zero-order valence-electron chi connectivity index (χ0n) is 16.8. The molecule has 0 fully saturated rings. The third kappa shape index (κ3) is 18.0. The molecule has 0 aromatic carbocycles. The average Bonchev–Trinajstić information content (AvgIpc) is 2.50. The highest BCUT2D eigenvalue weighted by Crippen LogP contribution is 2.11. The van der Waals surface area contributed by atoms with Crippen LogP contribution in [0.25, 0.3) is 0 Å². The molecule has 0 heterocycles. The molecule has 3 heteroatoms. The molecule has 0 aliphatic heterocycles. The van der Waals surface area contributed by atoms with E-state index in [0.717, 1.165) is 12.8 Å². The van der Waals surface area contributed by atoms with Crippen LogP contribution < -0.4 is 12.4 Å². The van der Waals surface area contributed by atoms with Crippen LogP contribution in [0.2, 0.25) is 0 Å². The number of allylic oxidation sites excluding steroid dienone is 2. The fourth-order valence-corrected chi connectivity index (χ4v) is 2.68. The summed E-state index contributed by atoms with van der Waals surface area (Å²) in [4.78, 5) is 11.8. The molecule has 0 aromatic rings. The standard InChI is InChI=1S/C21H42NO.ClH/c1-5-6-7-8-9-10-11-12-13-14-15-16-17-18-19-20-21(23)22(2,3)4;/h12-13H,5-11,14-20H2,1-4H3;1H/q+1;/p-1. The molecule has 0 aromatic heterocycles. The number of halogens is 1. The van der Waals surface area contributed by atoms with Gasteiger partial charge >= 0.3 is 5.91 Å². The molecule has 0 saturated heterocycles. The van der Waals surface area contributed by atoms with E-state index < -0.39 is 0 Å². The number of carbonyl (C=O) groups is 1. The van der Waals surface area contributed by atoms with Crippen molar-refractivity contribution in [2.24, 2.45) is 0 Å². The van der Waals surface area contributed by atoms with Gasteiger partial charge in [-0.1, -0.05) is 70.4 Å². The number of quaternary nitrogens is 1. The van der Waals surface area contributed by atoms with E-state index in [2.05, 4.69) is 19.1 Å². The Hall–Kier alpha value is -0.340. The fourth-order valence-electron chi connectivity index (χ4n) is 2.68.